The lowest BCUT2D eigenvalue weighted by Crippen LogP contribution is -2.42. The van der Waals surface area contributed by atoms with Crippen LogP contribution in [0.25, 0.3) is 0 Å². The van der Waals surface area contributed by atoms with Crippen molar-refractivity contribution in [1.82, 2.24) is 5.32 Å². The van der Waals surface area contributed by atoms with Crippen LogP contribution in [0.15, 0.2) is 0 Å². The number of methoxy groups -OCH3 is 1. The van der Waals surface area contributed by atoms with Crippen LogP contribution in [0.3, 0.4) is 0 Å². The lowest BCUT2D eigenvalue weighted by Gasteiger charge is -2.18. The maximum atomic E-state index is 11.6. The molecule has 0 radical (unpaired) electrons. The van der Waals surface area contributed by atoms with Gasteiger partial charge in [0.05, 0.1) is 0 Å². The molecule has 0 heterocycles. The van der Waals surface area contributed by atoms with Crippen LogP contribution < -0.4 is 11.1 Å². The van der Waals surface area contributed by atoms with Gasteiger partial charge in [-0.3, -0.25) is 4.79 Å². The minimum atomic E-state index is -0.498. The number of nitrogens with one attached hydrogen (secondary N) is 1. The maximum absolute atomic E-state index is 11.6. The molecule has 4 nitrogen and oxygen atoms in total. The molecule has 0 aromatic rings. The fraction of sp³-hybridized carbons (Fsp3) is 0.909. The van der Waals surface area contributed by atoms with Crippen molar-refractivity contribution in [2.75, 3.05) is 20.2 Å². The van der Waals surface area contributed by atoms with E-state index in [1.807, 2.05) is 0 Å². The molecule has 0 aromatic heterocycles. The van der Waals surface area contributed by atoms with Crippen LogP contribution in [0.4, 0.5) is 0 Å². The van der Waals surface area contributed by atoms with Gasteiger partial charge in [0.2, 0.25) is 5.91 Å². The van der Waals surface area contributed by atoms with Crippen molar-refractivity contribution in [3.8, 4) is 0 Å². The molecule has 15 heavy (non-hydrogen) atoms. The first-order valence-electron chi connectivity index (χ1n) is 5.68. The van der Waals surface area contributed by atoms with E-state index in [4.69, 9.17) is 10.5 Å². The summed E-state index contributed by atoms with van der Waals surface area (Å²) in [6, 6.07) is 0. The molecular formula is C11H22N2O2. The third-order valence-corrected chi connectivity index (χ3v) is 3.17. The Morgan fingerprint density at radius 3 is 2.67 bits per heavy atom. The highest BCUT2D eigenvalue weighted by Gasteiger charge is 2.41. The number of carbonyl (C=O) groups is 1. The molecular weight excluding hydrogens is 192 g/mol. The summed E-state index contributed by atoms with van der Waals surface area (Å²) in [6.45, 7) is 3.20. The highest BCUT2D eigenvalue weighted by atomic mass is 16.5. The van der Waals surface area contributed by atoms with Crippen molar-refractivity contribution in [1.29, 1.82) is 0 Å². The van der Waals surface area contributed by atoms with Crippen molar-refractivity contribution < 1.29 is 9.53 Å². The van der Waals surface area contributed by atoms with Crippen LogP contribution in [0.2, 0.25) is 0 Å². The summed E-state index contributed by atoms with van der Waals surface area (Å²) in [5, 5.41) is 2.93. The molecule has 1 rings (SSSR count). The van der Waals surface area contributed by atoms with Crippen LogP contribution in [0.1, 0.15) is 32.6 Å². The van der Waals surface area contributed by atoms with E-state index in [0.717, 1.165) is 6.54 Å². The zero-order chi connectivity index (χ0) is 11.3. The predicted molar refractivity (Wildman–Crippen MR) is 59.4 cm³/mol. The Morgan fingerprint density at radius 2 is 2.27 bits per heavy atom. The first-order valence-corrected chi connectivity index (χ1v) is 5.68. The maximum Gasteiger partial charge on any atom is 0.250 e. The second-order valence-electron chi connectivity index (χ2n) is 4.43. The van der Waals surface area contributed by atoms with E-state index in [0.29, 0.717) is 5.41 Å². The second kappa shape index (κ2) is 5.47. The first kappa shape index (κ1) is 12.5. The lowest BCUT2D eigenvalue weighted by molar-refractivity contribution is -0.130. The zero-order valence-electron chi connectivity index (χ0n) is 9.71. The molecule has 88 valence electrons. The topological polar surface area (TPSA) is 64.4 Å². The predicted octanol–water partition coefficient (Wildman–Crippen LogP) is 0.657. The number of hydrogen-bond donors (Lipinski definition) is 2. The Bertz CT molecular complexity index is 211. The van der Waals surface area contributed by atoms with Gasteiger partial charge in [-0.25, -0.2) is 0 Å². The van der Waals surface area contributed by atoms with Gasteiger partial charge in [0, 0.05) is 20.2 Å². The zero-order valence-corrected chi connectivity index (χ0v) is 9.71. The molecule has 1 unspecified atom stereocenters. The third kappa shape index (κ3) is 3.47. The summed E-state index contributed by atoms with van der Waals surface area (Å²) in [4.78, 5) is 11.6. The van der Waals surface area contributed by atoms with Crippen LogP contribution in [-0.2, 0) is 9.53 Å². The van der Waals surface area contributed by atoms with Gasteiger partial charge >= 0.3 is 0 Å². The number of rotatable bonds is 7. The monoisotopic (exact) mass is 214 g/mol. The van der Waals surface area contributed by atoms with Gasteiger partial charge in [-0.15, -0.1) is 0 Å². The molecule has 1 aliphatic carbocycles. The molecule has 1 fully saturated rings. The van der Waals surface area contributed by atoms with Gasteiger partial charge in [0.15, 0.2) is 0 Å². The molecule has 1 atom stereocenters. The van der Waals surface area contributed by atoms with E-state index in [-0.39, 0.29) is 12.5 Å². The van der Waals surface area contributed by atoms with Crippen molar-refractivity contribution >= 4 is 5.91 Å². The molecule has 0 saturated heterocycles. The van der Waals surface area contributed by atoms with Gasteiger partial charge in [-0.1, -0.05) is 13.3 Å². The number of carbonyl (C=O) groups excluding carboxylic acids is 1. The third-order valence-electron chi connectivity index (χ3n) is 3.17. The highest BCUT2D eigenvalue weighted by molar-refractivity contribution is 5.81. The minimum Gasteiger partial charge on any atom is -0.370 e. The number of nitrogens with two attached hydrogens (primary N) is 1. The Balaban J connectivity index is 2.27. The van der Waals surface area contributed by atoms with Gasteiger partial charge in [-0.2, -0.15) is 0 Å². The Morgan fingerprint density at radius 1 is 1.60 bits per heavy atom. The van der Waals surface area contributed by atoms with Gasteiger partial charge in [0.25, 0.3) is 0 Å². The lowest BCUT2D eigenvalue weighted by atomic mass is 10.0. The molecule has 1 saturated carbocycles. The van der Waals surface area contributed by atoms with Gasteiger partial charge < -0.3 is 15.8 Å². The van der Waals surface area contributed by atoms with Crippen molar-refractivity contribution in [3.05, 3.63) is 0 Å². The molecule has 0 bridgehead atoms. The molecule has 3 N–H and O–H groups in total. The minimum absolute atomic E-state index is 0.0811. The van der Waals surface area contributed by atoms with E-state index in [2.05, 4.69) is 12.2 Å². The number of amides is 1. The molecule has 1 aliphatic rings. The standard InChI is InChI=1S/C11H22N2O2/c1-3-4-11(5-6-11)8-13-10(14)9(7-12)15-2/h9H,3-8,12H2,1-2H3,(H,13,14). The normalized spacial score (nSPS) is 19.7. The summed E-state index contributed by atoms with van der Waals surface area (Å²) in [6.07, 6.45) is 4.36. The number of hydrogen-bond acceptors (Lipinski definition) is 3. The SMILES string of the molecule is CCCC1(CNC(=O)C(CN)OC)CC1. The molecule has 4 heteroatoms. The molecule has 0 aliphatic heterocycles. The van der Waals surface area contributed by atoms with Crippen LogP contribution in [-0.4, -0.2) is 32.2 Å². The fourth-order valence-corrected chi connectivity index (χ4v) is 1.92. The average molecular weight is 214 g/mol. The summed E-state index contributed by atoms with van der Waals surface area (Å²) in [5.41, 5.74) is 5.80. The largest absolute Gasteiger partial charge is 0.370 e. The summed E-state index contributed by atoms with van der Waals surface area (Å²) >= 11 is 0. The van der Waals surface area contributed by atoms with E-state index >= 15 is 0 Å². The molecule has 0 aromatic carbocycles. The molecule has 0 spiro atoms. The Kier molecular flexibility index (Phi) is 4.54. The van der Waals surface area contributed by atoms with Crippen molar-refractivity contribution in [2.24, 2.45) is 11.1 Å². The first-order chi connectivity index (χ1) is 7.17. The van der Waals surface area contributed by atoms with E-state index in [1.165, 1.54) is 32.8 Å². The van der Waals surface area contributed by atoms with E-state index in [9.17, 15) is 4.79 Å². The van der Waals surface area contributed by atoms with E-state index in [1.54, 1.807) is 0 Å². The fourth-order valence-electron chi connectivity index (χ4n) is 1.92. The van der Waals surface area contributed by atoms with Crippen LogP contribution in [0, 0.1) is 5.41 Å². The smallest absolute Gasteiger partial charge is 0.250 e. The summed E-state index contributed by atoms with van der Waals surface area (Å²) in [7, 11) is 1.51. The summed E-state index contributed by atoms with van der Waals surface area (Å²) in [5.74, 6) is -0.0811. The van der Waals surface area contributed by atoms with Crippen molar-refractivity contribution in [2.45, 2.75) is 38.7 Å². The second-order valence-corrected chi connectivity index (χ2v) is 4.43. The quantitative estimate of drug-likeness (QED) is 0.654. The van der Waals surface area contributed by atoms with E-state index < -0.39 is 6.10 Å². The highest BCUT2D eigenvalue weighted by Crippen LogP contribution is 2.48. The Hall–Kier alpha value is -0.610. The van der Waals surface area contributed by atoms with Gasteiger partial charge in [-0.05, 0) is 24.7 Å². The van der Waals surface area contributed by atoms with Gasteiger partial charge in [0.1, 0.15) is 6.10 Å². The van der Waals surface area contributed by atoms with Crippen molar-refractivity contribution in [3.63, 3.8) is 0 Å². The van der Waals surface area contributed by atoms with Crippen LogP contribution >= 0.6 is 0 Å². The number of ether oxygens (including phenoxy) is 1. The average Bonchev–Trinajstić information content (AvgIpc) is 2.98. The molecule has 1 amide bonds. The Labute approximate surface area is 91.5 Å². The summed E-state index contributed by atoms with van der Waals surface area (Å²) < 4.78 is 4.97. The van der Waals surface area contributed by atoms with Crippen LogP contribution in [0.5, 0.6) is 0 Å².